The molecule has 1 saturated carbocycles. The Morgan fingerprint density at radius 2 is 2.04 bits per heavy atom. The van der Waals surface area contributed by atoms with Crippen molar-refractivity contribution in [1.29, 1.82) is 0 Å². The van der Waals surface area contributed by atoms with E-state index in [1.54, 1.807) is 0 Å². The molecule has 0 bridgehead atoms. The van der Waals surface area contributed by atoms with Crippen LogP contribution in [0, 0.1) is 11.8 Å². The minimum atomic E-state index is -0.460. The Balaban J connectivity index is 1.53. The zero-order valence-corrected chi connectivity index (χ0v) is 15.0. The number of aromatic nitrogens is 2. The second kappa shape index (κ2) is 6.70. The second-order valence-corrected chi connectivity index (χ2v) is 7.89. The topological polar surface area (TPSA) is 80.5 Å². The zero-order chi connectivity index (χ0) is 17.3. The maximum atomic E-state index is 12.0. The van der Waals surface area contributed by atoms with Crippen molar-refractivity contribution in [3.05, 3.63) is 11.8 Å². The number of nitrogens with one attached hydrogen (secondary N) is 1. The molecule has 0 aromatic carbocycles. The number of alkyl carbamates (subject to hydrolysis) is 1. The van der Waals surface area contributed by atoms with E-state index in [0.717, 1.165) is 32.4 Å². The van der Waals surface area contributed by atoms with Crippen LogP contribution in [0.25, 0.3) is 0 Å². The van der Waals surface area contributed by atoms with Gasteiger partial charge in [0.2, 0.25) is 11.8 Å². The number of likely N-dealkylation sites (tertiary alicyclic amines) is 1. The molecule has 7 nitrogen and oxygen atoms in total. The van der Waals surface area contributed by atoms with Gasteiger partial charge >= 0.3 is 6.09 Å². The van der Waals surface area contributed by atoms with E-state index in [4.69, 9.17) is 9.15 Å². The predicted octanol–water partition coefficient (Wildman–Crippen LogP) is 2.37. The number of aryl methyl sites for hydroxylation is 1. The van der Waals surface area contributed by atoms with Crippen LogP contribution in [0.4, 0.5) is 4.79 Å². The quantitative estimate of drug-likeness (QED) is 0.909. The van der Waals surface area contributed by atoms with Gasteiger partial charge in [0.05, 0.1) is 6.54 Å². The van der Waals surface area contributed by atoms with Gasteiger partial charge < -0.3 is 14.5 Å². The van der Waals surface area contributed by atoms with E-state index in [0.29, 0.717) is 30.2 Å². The van der Waals surface area contributed by atoms with E-state index in [9.17, 15) is 4.79 Å². The largest absolute Gasteiger partial charge is 0.444 e. The lowest BCUT2D eigenvalue weighted by molar-refractivity contribution is 0.0491. The highest BCUT2D eigenvalue weighted by Gasteiger charge is 2.43. The predicted molar refractivity (Wildman–Crippen MR) is 88.3 cm³/mol. The SMILES string of the molecule is CCc1nnc(CN2C[C@@H]3CC[C@H](NC(=O)OC(C)(C)C)[C@@H]3C2)o1. The van der Waals surface area contributed by atoms with E-state index in [1.165, 1.54) is 0 Å². The third-order valence-corrected chi connectivity index (χ3v) is 4.80. The lowest BCUT2D eigenvalue weighted by atomic mass is 9.98. The minimum absolute atomic E-state index is 0.198. The van der Waals surface area contributed by atoms with Crippen LogP contribution in [0.3, 0.4) is 0 Å². The van der Waals surface area contributed by atoms with Gasteiger partial charge in [0, 0.05) is 25.6 Å². The molecular weight excluding hydrogens is 308 g/mol. The standard InChI is InChI=1S/C17H28N4O3/c1-5-14-19-20-15(23-14)10-21-8-11-6-7-13(12(11)9-21)18-16(22)24-17(2,3)4/h11-13H,5-10H2,1-4H3,(H,18,22)/t11-,12+,13-/m0/s1. The molecule has 1 amide bonds. The summed E-state index contributed by atoms with van der Waals surface area (Å²) >= 11 is 0. The Labute approximate surface area is 143 Å². The summed E-state index contributed by atoms with van der Waals surface area (Å²) in [6, 6.07) is 0.198. The number of rotatable bonds is 4. The molecule has 0 radical (unpaired) electrons. The van der Waals surface area contributed by atoms with Crippen molar-refractivity contribution < 1.29 is 13.9 Å². The minimum Gasteiger partial charge on any atom is -0.444 e. The molecule has 1 N–H and O–H groups in total. The number of carbonyl (C=O) groups excluding carboxylic acids is 1. The van der Waals surface area contributed by atoms with Crippen molar-refractivity contribution in [1.82, 2.24) is 20.4 Å². The maximum absolute atomic E-state index is 12.0. The fourth-order valence-electron chi connectivity index (χ4n) is 3.81. The summed E-state index contributed by atoms with van der Waals surface area (Å²) in [6.07, 6.45) is 2.63. The van der Waals surface area contributed by atoms with Gasteiger partial charge in [-0.05, 0) is 45.4 Å². The number of fused-ring (bicyclic) bond motifs is 1. The number of ether oxygens (including phenoxy) is 1. The van der Waals surface area contributed by atoms with Gasteiger partial charge in [-0.3, -0.25) is 4.90 Å². The van der Waals surface area contributed by atoms with Crippen molar-refractivity contribution in [2.75, 3.05) is 13.1 Å². The summed E-state index contributed by atoms with van der Waals surface area (Å²) in [5, 5.41) is 11.2. The van der Waals surface area contributed by atoms with Crippen LogP contribution < -0.4 is 5.32 Å². The normalized spacial score (nSPS) is 27.2. The van der Waals surface area contributed by atoms with Gasteiger partial charge in [0.15, 0.2) is 0 Å². The molecule has 134 valence electrons. The molecule has 1 aromatic rings. The molecule has 1 saturated heterocycles. The molecule has 1 aromatic heterocycles. The molecule has 0 unspecified atom stereocenters. The average molecular weight is 336 g/mol. The average Bonchev–Trinajstić information content (AvgIpc) is 3.15. The summed E-state index contributed by atoms with van der Waals surface area (Å²) in [5.74, 6) is 2.47. The Bertz CT molecular complexity index is 581. The van der Waals surface area contributed by atoms with Crippen molar-refractivity contribution >= 4 is 6.09 Å². The van der Waals surface area contributed by atoms with E-state index < -0.39 is 5.60 Å². The molecule has 2 fully saturated rings. The highest BCUT2D eigenvalue weighted by atomic mass is 16.6. The molecule has 0 spiro atoms. The van der Waals surface area contributed by atoms with Crippen LogP contribution in [-0.2, 0) is 17.7 Å². The molecule has 3 atom stereocenters. The molecule has 1 aliphatic heterocycles. The Kier molecular flexibility index (Phi) is 4.80. The van der Waals surface area contributed by atoms with Crippen molar-refractivity contribution in [2.24, 2.45) is 11.8 Å². The molecule has 7 heteroatoms. The van der Waals surface area contributed by atoms with Gasteiger partial charge in [-0.25, -0.2) is 4.79 Å². The molecule has 24 heavy (non-hydrogen) atoms. The number of hydrogen-bond acceptors (Lipinski definition) is 6. The third-order valence-electron chi connectivity index (χ3n) is 4.80. The zero-order valence-electron chi connectivity index (χ0n) is 15.0. The van der Waals surface area contributed by atoms with Gasteiger partial charge in [0.25, 0.3) is 0 Å². The molecule has 2 aliphatic rings. The summed E-state index contributed by atoms with van der Waals surface area (Å²) in [4.78, 5) is 14.4. The van der Waals surface area contributed by atoms with Gasteiger partial charge in [-0.2, -0.15) is 0 Å². The first-order valence-electron chi connectivity index (χ1n) is 8.87. The number of nitrogens with zero attached hydrogens (tertiary/aromatic N) is 3. The smallest absolute Gasteiger partial charge is 0.407 e. The van der Waals surface area contributed by atoms with Crippen molar-refractivity contribution in [2.45, 2.75) is 65.1 Å². The number of hydrogen-bond donors (Lipinski definition) is 1. The maximum Gasteiger partial charge on any atom is 0.407 e. The molecule has 3 rings (SSSR count). The fourth-order valence-corrected chi connectivity index (χ4v) is 3.81. The summed E-state index contributed by atoms with van der Waals surface area (Å²) in [6.45, 7) is 10.3. The van der Waals surface area contributed by atoms with Crippen molar-refractivity contribution in [3.63, 3.8) is 0 Å². The lowest BCUT2D eigenvalue weighted by Crippen LogP contribution is -2.42. The lowest BCUT2D eigenvalue weighted by Gasteiger charge is -2.24. The second-order valence-electron chi connectivity index (χ2n) is 7.89. The number of carbonyl (C=O) groups is 1. The van der Waals surface area contributed by atoms with E-state index in [2.05, 4.69) is 20.4 Å². The monoisotopic (exact) mass is 336 g/mol. The Morgan fingerprint density at radius 1 is 1.29 bits per heavy atom. The highest BCUT2D eigenvalue weighted by molar-refractivity contribution is 5.68. The first-order valence-corrected chi connectivity index (χ1v) is 8.87. The van der Waals surface area contributed by atoms with E-state index in [-0.39, 0.29) is 12.1 Å². The summed E-state index contributed by atoms with van der Waals surface area (Å²) in [5.41, 5.74) is -0.460. The van der Waals surface area contributed by atoms with Crippen LogP contribution >= 0.6 is 0 Å². The molecular formula is C17H28N4O3. The fraction of sp³-hybridized carbons (Fsp3) is 0.824. The number of amides is 1. The van der Waals surface area contributed by atoms with Crippen LogP contribution in [0.15, 0.2) is 4.42 Å². The first-order chi connectivity index (χ1) is 11.3. The van der Waals surface area contributed by atoms with Gasteiger partial charge in [-0.1, -0.05) is 6.92 Å². The summed E-state index contributed by atoms with van der Waals surface area (Å²) < 4.78 is 11.0. The Morgan fingerprint density at radius 3 is 2.71 bits per heavy atom. The summed E-state index contributed by atoms with van der Waals surface area (Å²) in [7, 11) is 0. The van der Waals surface area contributed by atoms with Gasteiger partial charge in [0.1, 0.15) is 5.60 Å². The van der Waals surface area contributed by atoms with Crippen LogP contribution in [0.5, 0.6) is 0 Å². The highest BCUT2D eigenvalue weighted by Crippen LogP contribution is 2.38. The Hall–Kier alpha value is -1.63. The van der Waals surface area contributed by atoms with E-state index in [1.807, 2.05) is 27.7 Å². The van der Waals surface area contributed by atoms with Gasteiger partial charge in [-0.15, -0.1) is 10.2 Å². The molecule has 2 heterocycles. The van der Waals surface area contributed by atoms with Crippen LogP contribution in [0.2, 0.25) is 0 Å². The first kappa shape index (κ1) is 17.2. The van der Waals surface area contributed by atoms with E-state index >= 15 is 0 Å². The third kappa shape index (κ3) is 4.06. The van der Waals surface area contributed by atoms with Crippen LogP contribution in [0.1, 0.15) is 52.3 Å². The molecule has 1 aliphatic carbocycles. The van der Waals surface area contributed by atoms with Crippen LogP contribution in [-0.4, -0.2) is 45.9 Å². The van der Waals surface area contributed by atoms with Crippen molar-refractivity contribution in [3.8, 4) is 0 Å².